The van der Waals surface area contributed by atoms with Crippen LogP contribution in [0.5, 0.6) is 5.75 Å². The molecule has 1 N–H and O–H groups in total. The van der Waals surface area contributed by atoms with E-state index >= 15 is 0 Å². The van der Waals surface area contributed by atoms with Gasteiger partial charge in [0.25, 0.3) is 0 Å². The Morgan fingerprint density at radius 2 is 2.07 bits per heavy atom. The van der Waals surface area contributed by atoms with Gasteiger partial charge >= 0.3 is 0 Å². The first kappa shape index (κ1) is 22.2. The minimum Gasteiger partial charge on any atom is -0.491 e. The molecule has 0 saturated carbocycles. The van der Waals surface area contributed by atoms with Gasteiger partial charge < -0.3 is 14.6 Å². The Hall–Kier alpha value is -1.11. The first-order chi connectivity index (χ1) is 12.5. The highest BCUT2D eigenvalue weighted by Gasteiger charge is 2.24. The van der Waals surface area contributed by atoms with Crippen LogP contribution < -0.4 is 4.74 Å². The van der Waals surface area contributed by atoms with E-state index in [9.17, 15) is 5.11 Å². The average molecular weight is 457 g/mol. The molecule has 6 heteroatoms. The van der Waals surface area contributed by atoms with Crippen molar-refractivity contribution in [3.63, 3.8) is 0 Å². The van der Waals surface area contributed by atoms with E-state index in [1.165, 1.54) is 0 Å². The lowest BCUT2D eigenvalue weighted by Crippen LogP contribution is -2.43. The number of benzene rings is 2. The summed E-state index contributed by atoms with van der Waals surface area (Å²) in [4.78, 5) is 2.24. The minimum absolute atomic E-state index is 0. The highest BCUT2D eigenvalue weighted by Crippen LogP contribution is 2.25. The number of aliphatic hydroxyl groups excluding tert-OH is 1. The van der Waals surface area contributed by atoms with Gasteiger partial charge in [-0.05, 0) is 48.7 Å². The van der Waals surface area contributed by atoms with E-state index in [-0.39, 0.29) is 18.5 Å². The van der Waals surface area contributed by atoms with Crippen LogP contribution in [-0.2, 0) is 4.74 Å². The molecule has 2 aromatic rings. The molecular weight excluding hydrogens is 430 g/mol. The van der Waals surface area contributed by atoms with Gasteiger partial charge in [-0.15, -0.1) is 12.4 Å². The fraction of sp³-hybridized carbons (Fsp3) is 0.429. The molecule has 2 unspecified atom stereocenters. The van der Waals surface area contributed by atoms with Crippen LogP contribution in [0.4, 0.5) is 0 Å². The Bertz CT molecular complexity index is 743. The Labute approximate surface area is 176 Å². The summed E-state index contributed by atoms with van der Waals surface area (Å²) in [5.74, 6) is 0.845. The van der Waals surface area contributed by atoms with Crippen LogP contribution in [0, 0.1) is 13.8 Å². The second-order valence-electron chi connectivity index (χ2n) is 6.91. The van der Waals surface area contributed by atoms with E-state index in [2.05, 4.69) is 39.0 Å². The second-order valence-corrected chi connectivity index (χ2v) is 7.82. The highest BCUT2D eigenvalue weighted by molar-refractivity contribution is 9.10. The van der Waals surface area contributed by atoms with Crippen LogP contribution >= 0.6 is 28.3 Å². The van der Waals surface area contributed by atoms with Crippen molar-refractivity contribution in [3.8, 4) is 5.75 Å². The van der Waals surface area contributed by atoms with Gasteiger partial charge in [-0.2, -0.15) is 0 Å². The summed E-state index contributed by atoms with van der Waals surface area (Å²) in [6.45, 7) is 7.20. The van der Waals surface area contributed by atoms with Crippen molar-refractivity contribution in [1.82, 2.24) is 4.90 Å². The van der Waals surface area contributed by atoms with Crippen molar-refractivity contribution in [1.29, 1.82) is 0 Å². The SMILES string of the molecule is Cc1ccc(C)c(OCC(O)CN2CCOC(c3cccc(Br)c3)C2)c1.Cl. The zero-order chi connectivity index (χ0) is 18.5. The summed E-state index contributed by atoms with van der Waals surface area (Å²) in [6.07, 6.45) is -0.496. The fourth-order valence-electron chi connectivity index (χ4n) is 3.18. The molecule has 1 saturated heterocycles. The van der Waals surface area contributed by atoms with Crippen LogP contribution in [0.1, 0.15) is 22.8 Å². The molecule has 1 aliphatic heterocycles. The number of aryl methyl sites for hydroxylation is 2. The third-order valence-electron chi connectivity index (χ3n) is 4.61. The monoisotopic (exact) mass is 455 g/mol. The maximum absolute atomic E-state index is 10.4. The molecule has 4 nitrogen and oxygen atoms in total. The number of halogens is 2. The summed E-state index contributed by atoms with van der Waals surface area (Å²) in [6, 6.07) is 14.3. The van der Waals surface area contributed by atoms with Gasteiger partial charge in [0, 0.05) is 24.1 Å². The molecule has 1 heterocycles. The second kappa shape index (κ2) is 10.4. The van der Waals surface area contributed by atoms with Gasteiger partial charge in [0.2, 0.25) is 0 Å². The molecule has 2 atom stereocenters. The zero-order valence-electron chi connectivity index (χ0n) is 15.7. The summed E-state index contributed by atoms with van der Waals surface area (Å²) in [5.41, 5.74) is 3.40. The van der Waals surface area contributed by atoms with E-state index in [0.29, 0.717) is 19.8 Å². The number of rotatable bonds is 6. The molecule has 1 fully saturated rings. The number of ether oxygens (including phenoxy) is 2. The van der Waals surface area contributed by atoms with E-state index in [0.717, 1.165) is 40.0 Å². The van der Waals surface area contributed by atoms with Crippen molar-refractivity contribution in [3.05, 3.63) is 63.6 Å². The number of morpholine rings is 1. The lowest BCUT2D eigenvalue weighted by molar-refractivity contribution is -0.0459. The predicted octanol–water partition coefficient (Wildman–Crippen LogP) is 4.30. The summed E-state index contributed by atoms with van der Waals surface area (Å²) in [7, 11) is 0. The van der Waals surface area contributed by atoms with Crippen LogP contribution in [0.25, 0.3) is 0 Å². The van der Waals surface area contributed by atoms with Gasteiger partial charge in [0.05, 0.1) is 12.7 Å². The molecule has 0 spiro atoms. The Kier molecular flexibility index (Phi) is 8.58. The number of nitrogens with zero attached hydrogens (tertiary/aromatic N) is 1. The van der Waals surface area contributed by atoms with E-state index in [4.69, 9.17) is 9.47 Å². The minimum atomic E-state index is -0.531. The van der Waals surface area contributed by atoms with Crippen LogP contribution in [-0.4, -0.2) is 49.0 Å². The van der Waals surface area contributed by atoms with Crippen molar-refractivity contribution < 1.29 is 14.6 Å². The van der Waals surface area contributed by atoms with Crippen molar-refractivity contribution >= 4 is 28.3 Å². The molecule has 2 aromatic carbocycles. The maximum atomic E-state index is 10.4. The van der Waals surface area contributed by atoms with E-state index in [1.807, 2.05) is 38.1 Å². The first-order valence-corrected chi connectivity index (χ1v) is 9.78. The number of hydrogen-bond acceptors (Lipinski definition) is 4. The molecule has 0 aliphatic carbocycles. The van der Waals surface area contributed by atoms with Gasteiger partial charge in [-0.25, -0.2) is 0 Å². The van der Waals surface area contributed by atoms with Gasteiger partial charge in [-0.3, -0.25) is 4.90 Å². The Balaban J connectivity index is 0.00000261. The molecule has 0 amide bonds. The van der Waals surface area contributed by atoms with Crippen molar-refractivity contribution in [2.75, 3.05) is 32.8 Å². The van der Waals surface area contributed by atoms with Crippen LogP contribution in [0.2, 0.25) is 0 Å². The fourth-order valence-corrected chi connectivity index (χ4v) is 3.59. The van der Waals surface area contributed by atoms with E-state index in [1.54, 1.807) is 0 Å². The molecule has 0 aromatic heterocycles. The van der Waals surface area contributed by atoms with Crippen molar-refractivity contribution in [2.45, 2.75) is 26.1 Å². The number of hydrogen-bond donors (Lipinski definition) is 1. The molecule has 27 heavy (non-hydrogen) atoms. The Morgan fingerprint density at radius 3 is 2.85 bits per heavy atom. The Morgan fingerprint density at radius 1 is 1.26 bits per heavy atom. The quantitative estimate of drug-likeness (QED) is 0.704. The lowest BCUT2D eigenvalue weighted by atomic mass is 10.1. The van der Waals surface area contributed by atoms with E-state index < -0.39 is 6.10 Å². The summed E-state index contributed by atoms with van der Waals surface area (Å²) in [5, 5.41) is 10.4. The van der Waals surface area contributed by atoms with Crippen LogP contribution in [0.15, 0.2) is 46.9 Å². The largest absolute Gasteiger partial charge is 0.491 e. The average Bonchev–Trinajstić information content (AvgIpc) is 2.63. The first-order valence-electron chi connectivity index (χ1n) is 8.99. The molecular formula is C21H27BrClNO3. The van der Waals surface area contributed by atoms with Gasteiger partial charge in [0.15, 0.2) is 0 Å². The molecule has 0 radical (unpaired) electrons. The maximum Gasteiger partial charge on any atom is 0.122 e. The summed E-state index contributed by atoms with van der Waals surface area (Å²) >= 11 is 3.51. The zero-order valence-corrected chi connectivity index (χ0v) is 18.1. The molecule has 0 bridgehead atoms. The molecule has 3 rings (SSSR count). The standard InChI is InChI=1S/C21H26BrNO3.ClH/c1-15-6-7-16(2)20(10-15)26-14-19(24)12-23-8-9-25-21(13-23)17-4-3-5-18(22)11-17;/h3-7,10-11,19,21,24H,8-9,12-14H2,1-2H3;1H. The molecule has 1 aliphatic rings. The van der Waals surface area contributed by atoms with Gasteiger partial charge in [0.1, 0.15) is 18.5 Å². The smallest absolute Gasteiger partial charge is 0.122 e. The summed E-state index contributed by atoms with van der Waals surface area (Å²) < 4.78 is 12.8. The normalized spacial score (nSPS) is 18.6. The number of aliphatic hydroxyl groups is 1. The van der Waals surface area contributed by atoms with Crippen LogP contribution in [0.3, 0.4) is 0 Å². The van der Waals surface area contributed by atoms with Crippen molar-refractivity contribution in [2.24, 2.45) is 0 Å². The lowest BCUT2D eigenvalue weighted by Gasteiger charge is -2.34. The topological polar surface area (TPSA) is 41.9 Å². The predicted molar refractivity (Wildman–Crippen MR) is 114 cm³/mol. The third kappa shape index (κ3) is 6.47. The molecule has 148 valence electrons. The third-order valence-corrected chi connectivity index (χ3v) is 5.11. The van der Waals surface area contributed by atoms with Gasteiger partial charge in [-0.1, -0.05) is 40.2 Å². The highest BCUT2D eigenvalue weighted by atomic mass is 79.9. The number of β-amino-alcohol motifs (C(OH)–C–C–N with tert-alkyl or cyclic N) is 1.